The molecule has 1 aliphatic heterocycles. The van der Waals surface area contributed by atoms with Crippen molar-refractivity contribution in [3.8, 4) is 67.5 Å². The predicted octanol–water partition coefficient (Wildman–Crippen LogP) is 10.2. The maximum atomic E-state index is 5.24. The first-order chi connectivity index (χ1) is 24.0. The standard InChI is InChI=1S/C45H33N3Si/c1-49(2)41-23-12-11-22-38(41)40-29-34(24-27-42(40)49)44-46-43(33-19-13-18-32(28-33)30-14-5-3-6-15-30)47-45(48-44)39-26-25-35(31-16-7-4-8-17-31)36-20-9-10-21-37(36)39/h3-29H,1-2H3. The van der Waals surface area contributed by atoms with Crippen molar-refractivity contribution >= 4 is 29.2 Å². The van der Waals surface area contributed by atoms with E-state index in [1.54, 1.807) is 0 Å². The minimum absolute atomic E-state index is 0.657. The number of nitrogens with zero attached hydrogens (tertiary/aromatic N) is 3. The van der Waals surface area contributed by atoms with Crippen molar-refractivity contribution in [3.63, 3.8) is 0 Å². The van der Waals surface area contributed by atoms with Gasteiger partial charge in [0, 0.05) is 16.7 Å². The summed E-state index contributed by atoms with van der Waals surface area (Å²) in [6.45, 7) is 4.89. The molecule has 8 aromatic rings. The summed E-state index contributed by atoms with van der Waals surface area (Å²) in [5.74, 6) is 1.99. The Labute approximate surface area is 287 Å². The molecule has 232 valence electrons. The van der Waals surface area contributed by atoms with Crippen molar-refractivity contribution in [3.05, 3.63) is 164 Å². The largest absolute Gasteiger partial charge is 0.208 e. The quantitative estimate of drug-likeness (QED) is 0.175. The Morgan fingerprint density at radius 1 is 0.327 bits per heavy atom. The lowest BCUT2D eigenvalue weighted by Gasteiger charge is -2.18. The monoisotopic (exact) mass is 643 g/mol. The van der Waals surface area contributed by atoms with Crippen LogP contribution in [0.2, 0.25) is 13.1 Å². The first-order valence-corrected chi connectivity index (χ1v) is 19.8. The van der Waals surface area contributed by atoms with Gasteiger partial charge in [-0.25, -0.2) is 15.0 Å². The van der Waals surface area contributed by atoms with E-state index in [1.165, 1.54) is 38.0 Å². The van der Waals surface area contributed by atoms with Crippen LogP contribution >= 0.6 is 0 Å². The molecule has 0 N–H and O–H groups in total. The van der Waals surface area contributed by atoms with Crippen LogP contribution in [0.25, 0.3) is 78.3 Å². The number of aromatic nitrogens is 3. The molecule has 0 saturated heterocycles. The molecule has 0 fully saturated rings. The van der Waals surface area contributed by atoms with Gasteiger partial charge in [0.15, 0.2) is 17.5 Å². The van der Waals surface area contributed by atoms with Crippen molar-refractivity contribution in [1.82, 2.24) is 15.0 Å². The molecular formula is C45H33N3Si. The van der Waals surface area contributed by atoms with Gasteiger partial charge in [0.25, 0.3) is 0 Å². The van der Waals surface area contributed by atoms with E-state index in [-0.39, 0.29) is 0 Å². The van der Waals surface area contributed by atoms with Crippen LogP contribution in [0.3, 0.4) is 0 Å². The Bertz CT molecular complexity index is 2520. The van der Waals surface area contributed by atoms with Crippen molar-refractivity contribution in [1.29, 1.82) is 0 Å². The molecule has 3 nitrogen and oxygen atoms in total. The van der Waals surface area contributed by atoms with Crippen molar-refractivity contribution in [2.24, 2.45) is 0 Å². The first-order valence-electron chi connectivity index (χ1n) is 16.8. The number of fused-ring (bicyclic) bond motifs is 4. The third-order valence-electron chi connectivity index (χ3n) is 9.95. The molecule has 0 spiro atoms. The predicted molar refractivity (Wildman–Crippen MR) is 207 cm³/mol. The third kappa shape index (κ3) is 5.00. The molecule has 49 heavy (non-hydrogen) atoms. The van der Waals surface area contributed by atoms with Crippen LogP contribution in [-0.2, 0) is 0 Å². The molecule has 0 bridgehead atoms. The highest BCUT2D eigenvalue weighted by molar-refractivity contribution is 7.03. The molecule has 7 aromatic carbocycles. The highest BCUT2D eigenvalue weighted by Gasteiger charge is 2.37. The summed E-state index contributed by atoms with van der Waals surface area (Å²) in [5, 5.41) is 5.23. The molecule has 4 heteroatoms. The molecule has 0 aliphatic carbocycles. The summed E-state index contributed by atoms with van der Waals surface area (Å²) in [6, 6.07) is 58.2. The third-order valence-corrected chi connectivity index (χ3v) is 13.5. The number of benzene rings is 7. The molecule has 0 radical (unpaired) electrons. The summed E-state index contributed by atoms with van der Waals surface area (Å²) in [6.07, 6.45) is 0. The smallest absolute Gasteiger partial charge is 0.164 e. The zero-order valence-corrected chi connectivity index (χ0v) is 28.4. The zero-order valence-electron chi connectivity index (χ0n) is 27.4. The maximum absolute atomic E-state index is 5.24. The minimum atomic E-state index is -1.79. The molecule has 0 unspecified atom stereocenters. The SMILES string of the molecule is C[Si]1(C)c2ccccc2-c2cc(-c3nc(-c4cccc(-c5ccccc5)c4)nc(-c4ccc(-c5ccccc5)c5ccccc45)n3)ccc21. The van der Waals surface area contributed by atoms with Crippen LogP contribution in [0, 0.1) is 0 Å². The highest BCUT2D eigenvalue weighted by atomic mass is 28.3. The Balaban J connectivity index is 1.26. The second kappa shape index (κ2) is 11.6. The van der Waals surface area contributed by atoms with Crippen LogP contribution in [0.5, 0.6) is 0 Å². The van der Waals surface area contributed by atoms with E-state index in [2.05, 4.69) is 171 Å². The van der Waals surface area contributed by atoms with Gasteiger partial charge in [0.2, 0.25) is 0 Å². The van der Waals surface area contributed by atoms with E-state index in [9.17, 15) is 0 Å². The lowest BCUT2D eigenvalue weighted by Crippen LogP contribution is -2.49. The second-order valence-electron chi connectivity index (χ2n) is 13.3. The fourth-order valence-corrected chi connectivity index (χ4v) is 10.5. The summed E-state index contributed by atoms with van der Waals surface area (Å²) in [7, 11) is -1.79. The number of rotatable bonds is 5. The van der Waals surface area contributed by atoms with Gasteiger partial charge >= 0.3 is 0 Å². The van der Waals surface area contributed by atoms with Gasteiger partial charge in [-0.15, -0.1) is 0 Å². The fraction of sp³-hybridized carbons (Fsp3) is 0.0444. The fourth-order valence-electron chi connectivity index (χ4n) is 7.45. The van der Waals surface area contributed by atoms with E-state index in [0.29, 0.717) is 17.5 Å². The Kier molecular flexibility index (Phi) is 6.92. The molecule has 9 rings (SSSR count). The summed E-state index contributed by atoms with van der Waals surface area (Å²) in [4.78, 5) is 15.6. The Morgan fingerprint density at radius 3 is 1.61 bits per heavy atom. The zero-order chi connectivity index (χ0) is 33.0. The number of hydrogen-bond acceptors (Lipinski definition) is 3. The van der Waals surface area contributed by atoms with E-state index in [4.69, 9.17) is 15.0 Å². The van der Waals surface area contributed by atoms with Crippen molar-refractivity contribution in [2.45, 2.75) is 13.1 Å². The average Bonchev–Trinajstić information content (AvgIpc) is 3.40. The summed E-state index contributed by atoms with van der Waals surface area (Å²) in [5.41, 5.74) is 10.2. The Morgan fingerprint density at radius 2 is 0.857 bits per heavy atom. The molecule has 1 aliphatic rings. The van der Waals surface area contributed by atoms with Gasteiger partial charge in [-0.2, -0.15) is 0 Å². The minimum Gasteiger partial charge on any atom is -0.208 e. The molecule has 2 heterocycles. The average molecular weight is 644 g/mol. The molecule has 0 amide bonds. The highest BCUT2D eigenvalue weighted by Crippen LogP contribution is 2.37. The van der Waals surface area contributed by atoms with Crippen LogP contribution in [0.4, 0.5) is 0 Å². The van der Waals surface area contributed by atoms with Gasteiger partial charge in [0.05, 0.1) is 0 Å². The van der Waals surface area contributed by atoms with Gasteiger partial charge in [-0.05, 0) is 72.7 Å². The normalized spacial score (nSPS) is 12.9. The van der Waals surface area contributed by atoms with Gasteiger partial charge in [-0.1, -0.05) is 159 Å². The lowest BCUT2D eigenvalue weighted by atomic mass is 9.94. The van der Waals surface area contributed by atoms with Gasteiger partial charge in [-0.3, -0.25) is 0 Å². The summed E-state index contributed by atoms with van der Waals surface area (Å²) >= 11 is 0. The van der Waals surface area contributed by atoms with Crippen LogP contribution in [0.15, 0.2) is 164 Å². The van der Waals surface area contributed by atoms with Crippen LogP contribution in [-0.4, -0.2) is 23.0 Å². The molecular weight excluding hydrogens is 611 g/mol. The topological polar surface area (TPSA) is 38.7 Å². The Hall–Kier alpha value is -5.97. The lowest BCUT2D eigenvalue weighted by molar-refractivity contribution is 1.08. The maximum Gasteiger partial charge on any atom is 0.164 e. The molecule has 1 aromatic heterocycles. The van der Waals surface area contributed by atoms with Gasteiger partial charge in [0.1, 0.15) is 8.07 Å². The van der Waals surface area contributed by atoms with Crippen molar-refractivity contribution in [2.75, 3.05) is 0 Å². The van der Waals surface area contributed by atoms with E-state index in [0.717, 1.165) is 33.2 Å². The molecule has 0 atom stereocenters. The summed E-state index contributed by atoms with van der Waals surface area (Å²) < 4.78 is 0. The second-order valence-corrected chi connectivity index (χ2v) is 17.6. The number of hydrogen-bond donors (Lipinski definition) is 0. The van der Waals surface area contributed by atoms with Crippen LogP contribution < -0.4 is 10.4 Å². The molecule has 0 saturated carbocycles. The van der Waals surface area contributed by atoms with Crippen LogP contribution in [0.1, 0.15) is 0 Å². The first kappa shape index (κ1) is 29.2. The van der Waals surface area contributed by atoms with E-state index < -0.39 is 8.07 Å². The van der Waals surface area contributed by atoms with Gasteiger partial charge < -0.3 is 0 Å². The van der Waals surface area contributed by atoms with E-state index >= 15 is 0 Å². The van der Waals surface area contributed by atoms with Crippen molar-refractivity contribution < 1.29 is 0 Å². The van der Waals surface area contributed by atoms with E-state index in [1.807, 2.05) is 6.07 Å².